The highest BCUT2D eigenvalue weighted by Gasteiger charge is 2.23. The number of nitrogens with zero attached hydrogens (tertiary/aromatic N) is 1. The van der Waals surface area contributed by atoms with Gasteiger partial charge in [-0.2, -0.15) is 0 Å². The van der Waals surface area contributed by atoms with E-state index in [0.717, 1.165) is 10.4 Å². The molecule has 0 saturated heterocycles. The van der Waals surface area contributed by atoms with Crippen LogP contribution in [0.1, 0.15) is 21.1 Å². The molecule has 18 heavy (non-hydrogen) atoms. The molecule has 2 N–H and O–H groups in total. The Balaban J connectivity index is 2.32. The maximum absolute atomic E-state index is 11.9. The lowest BCUT2D eigenvalue weighted by molar-refractivity contribution is 0.0683. The van der Waals surface area contributed by atoms with Crippen molar-refractivity contribution in [2.24, 2.45) is 0 Å². The number of hydrogen-bond acceptors (Lipinski definition) is 5. The molecule has 0 fully saturated rings. The lowest BCUT2D eigenvalue weighted by atomic mass is 10.1. The van der Waals surface area contributed by atoms with Gasteiger partial charge in [-0.25, -0.2) is 9.78 Å². The first-order valence-corrected chi connectivity index (χ1v) is 7.49. The molecule has 0 radical (unpaired) electrons. The average Bonchev–Trinajstić information content (AvgIpc) is 2.66. The fourth-order valence-electron chi connectivity index (χ4n) is 2.03. The van der Waals surface area contributed by atoms with Crippen molar-refractivity contribution in [3.63, 3.8) is 0 Å². The first-order chi connectivity index (χ1) is 8.56. The summed E-state index contributed by atoms with van der Waals surface area (Å²) in [6.07, 6.45) is 0.582. The highest BCUT2D eigenvalue weighted by Crippen LogP contribution is 2.32. The van der Waals surface area contributed by atoms with Gasteiger partial charge in [0.1, 0.15) is 4.83 Å². The van der Waals surface area contributed by atoms with E-state index in [1.54, 1.807) is 0 Å². The highest BCUT2D eigenvalue weighted by atomic mass is 32.2. The molecule has 94 valence electrons. The summed E-state index contributed by atoms with van der Waals surface area (Å²) < 4.78 is 11.5. The van der Waals surface area contributed by atoms with Gasteiger partial charge in [0.2, 0.25) is 5.82 Å². The van der Waals surface area contributed by atoms with Crippen molar-refractivity contribution in [1.82, 2.24) is 9.97 Å². The first kappa shape index (κ1) is 11.5. The van der Waals surface area contributed by atoms with Crippen molar-refractivity contribution < 1.29 is 14.1 Å². The van der Waals surface area contributed by atoms with E-state index in [1.807, 2.05) is 0 Å². The van der Waals surface area contributed by atoms with E-state index in [4.69, 9.17) is 5.11 Å². The molecular weight excluding hydrogens is 276 g/mol. The van der Waals surface area contributed by atoms with Gasteiger partial charge in [0, 0.05) is 21.4 Å². The van der Waals surface area contributed by atoms with Crippen molar-refractivity contribution in [3.05, 3.63) is 26.6 Å². The van der Waals surface area contributed by atoms with E-state index in [9.17, 15) is 13.8 Å². The normalized spacial score (nSPS) is 18.8. The molecule has 0 aliphatic carbocycles. The van der Waals surface area contributed by atoms with Gasteiger partial charge in [-0.1, -0.05) is 0 Å². The van der Waals surface area contributed by atoms with E-state index in [0.29, 0.717) is 28.1 Å². The number of thiophene rings is 1. The predicted octanol–water partition coefficient (Wildman–Crippen LogP) is 0.488. The summed E-state index contributed by atoms with van der Waals surface area (Å²) in [6, 6.07) is 0. The summed E-state index contributed by atoms with van der Waals surface area (Å²) in [5.41, 5.74) is 0.447. The molecule has 3 rings (SSSR count). The SMILES string of the molecule is O=C(O)c1nc2sc3c(c2c(=O)[nH]1)CCS(=O)C3. The van der Waals surface area contributed by atoms with Gasteiger partial charge in [-0.05, 0) is 12.0 Å². The maximum Gasteiger partial charge on any atom is 0.372 e. The van der Waals surface area contributed by atoms with Gasteiger partial charge in [0.25, 0.3) is 5.56 Å². The Labute approximate surface area is 107 Å². The van der Waals surface area contributed by atoms with Crippen LogP contribution < -0.4 is 5.56 Å². The summed E-state index contributed by atoms with van der Waals surface area (Å²) in [6.45, 7) is 0. The number of aromatic amines is 1. The summed E-state index contributed by atoms with van der Waals surface area (Å²) in [5.74, 6) is -0.645. The Morgan fingerprint density at radius 3 is 3.00 bits per heavy atom. The molecule has 0 aromatic carbocycles. The molecule has 0 bridgehead atoms. The number of nitrogens with one attached hydrogen (secondary N) is 1. The predicted molar refractivity (Wildman–Crippen MR) is 67.6 cm³/mol. The number of H-pyrrole nitrogens is 1. The molecular formula is C10H8N2O4S2. The number of carbonyl (C=O) groups is 1. The molecule has 0 amide bonds. The van der Waals surface area contributed by atoms with E-state index in [-0.39, 0.29) is 5.82 Å². The number of carboxylic acid groups (broad SMARTS) is 1. The van der Waals surface area contributed by atoms with E-state index in [1.165, 1.54) is 11.3 Å². The zero-order valence-corrected chi connectivity index (χ0v) is 10.7. The number of aromatic nitrogens is 2. The molecule has 2 aromatic rings. The largest absolute Gasteiger partial charge is 0.475 e. The topological polar surface area (TPSA) is 100 Å². The number of aryl methyl sites for hydroxylation is 1. The minimum atomic E-state index is -1.26. The third kappa shape index (κ3) is 1.68. The van der Waals surface area contributed by atoms with Gasteiger partial charge < -0.3 is 10.1 Å². The third-order valence-corrected chi connectivity index (χ3v) is 5.40. The first-order valence-electron chi connectivity index (χ1n) is 5.19. The zero-order chi connectivity index (χ0) is 12.9. The van der Waals surface area contributed by atoms with Crippen LogP contribution in [-0.2, 0) is 23.0 Å². The van der Waals surface area contributed by atoms with Gasteiger partial charge in [0.15, 0.2) is 0 Å². The molecule has 1 aliphatic rings. The third-order valence-electron chi connectivity index (χ3n) is 2.82. The Hall–Kier alpha value is -1.54. The van der Waals surface area contributed by atoms with Crippen LogP contribution >= 0.6 is 11.3 Å². The second-order valence-corrected chi connectivity index (χ2v) is 6.60. The molecule has 1 atom stereocenters. The van der Waals surface area contributed by atoms with Crippen molar-refractivity contribution in [1.29, 1.82) is 0 Å². The summed E-state index contributed by atoms with van der Waals surface area (Å²) in [4.78, 5) is 30.2. The lowest BCUT2D eigenvalue weighted by Gasteiger charge is -2.09. The van der Waals surface area contributed by atoms with Crippen LogP contribution in [0.25, 0.3) is 10.2 Å². The van der Waals surface area contributed by atoms with Crippen LogP contribution in [0.2, 0.25) is 0 Å². The summed E-state index contributed by atoms with van der Waals surface area (Å²) >= 11 is 1.26. The van der Waals surface area contributed by atoms with Gasteiger partial charge in [-0.3, -0.25) is 9.00 Å². The number of aromatic carboxylic acids is 1. The quantitative estimate of drug-likeness (QED) is 0.793. The van der Waals surface area contributed by atoms with Gasteiger partial charge in [0.05, 0.1) is 11.1 Å². The second kappa shape index (κ2) is 3.99. The van der Waals surface area contributed by atoms with Crippen molar-refractivity contribution >= 4 is 38.3 Å². The van der Waals surface area contributed by atoms with Crippen LogP contribution in [0.15, 0.2) is 4.79 Å². The summed E-state index contributed by atoms with van der Waals surface area (Å²) in [5, 5.41) is 9.29. The van der Waals surface area contributed by atoms with E-state index in [2.05, 4.69) is 9.97 Å². The Bertz CT molecular complexity index is 746. The fraction of sp³-hybridized carbons (Fsp3) is 0.300. The van der Waals surface area contributed by atoms with Crippen molar-refractivity contribution in [2.75, 3.05) is 5.75 Å². The van der Waals surface area contributed by atoms with Crippen LogP contribution in [0.4, 0.5) is 0 Å². The fourth-order valence-corrected chi connectivity index (χ4v) is 4.72. The standard InChI is InChI=1S/C10H8N2O4S2/c13-8-6-4-1-2-18(16)3-5(4)17-9(6)12-7(11-8)10(14)15/h1-3H2,(H,14,15)(H,11,12,13). The van der Waals surface area contributed by atoms with Gasteiger partial charge in [-0.15, -0.1) is 11.3 Å². The van der Waals surface area contributed by atoms with Crippen molar-refractivity contribution in [3.8, 4) is 0 Å². The molecule has 1 unspecified atom stereocenters. The number of rotatable bonds is 1. The number of hydrogen-bond donors (Lipinski definition) is 2. The Morgan fingerprint density at radius 1 is 1.50 bits per heavy atom. The minimum Gasteiger partial charge on any atom is -0.475 e. The Kier molecular flexibility index (Phi) is 2.56. The lowest BCUT2D eigenvalue weighted by Crippen LogP contribution is -2.17. The minimum absolute atomic E-state index is 0.354. The van der Waals surface area contributed by atoms with Crippen LogP contribution in [0, 0.1) is 0 Å². The number of fused-ring (bicyclic) bond motifs is 3. The molecule has 8 heteroatoms. The highest BCUT2D eigenvalue weighted by molar-refractivity contribution is 7.84. The second-order valence-electron chi connectivity index (χ2n) is 3.94. The van der Waals surface area contributed by atoms with Crippen molar-refractivity contribution in [2.45, 2.75) is 12.2 Å². The summed E-state index contributed by atoms with van der Waals surface area (Å²) in [7, 11) is -0.895. The average molecular weight is 284 g/mol. The van der Waals surface area contributed by atoms with Crippen LogP contribution in [0.3, 0.4) is 0 Å². The van der Waals surface area contributed by atoms with E-state index >= 15 is 0 Å². The molecule has 1 aliphatic heterocycles. The maximum atomic E-state index is 11.9. The monoisotopic (exact) mass is 284 g/mol. The zero-order valence-electron chi connectivity index (χ0n) is 9.06. The Morgan fingerprint density at radius 2 is 2.28 bits per heavy atom. The molecule has 0 saturated carbocycles. The van der Waals surface area contributed by atoms with E-state index < -0.39 is 22.3 Å². The molecule has 0 spiro atoms. The molecule has 2 aromatic heterocycles. The van der Waals surface area contributed by atoms with Crippen LogP contribution in [-0.4, -0.2) is 31.0 Å². The van der Waals surface area contributed by atoms with Gasteiger partial charge >= 0.3 is 5.97 Å². The smallest absolute Gasteiger partial charge is 0.372 e. The number of carboxylic acids is 1. The molecule has 6 nitrogen and oxygen atoms in total. The van der Waals surface area contributed by atoms with Crippen LogP contribution in [0.5, 0.6) is 0 Å². The molecule has 3 heterocycles.